The molecule has 0 bridgehead atoms. The Bertz CT molecular complexity index is 202. The van der Waals surface area contributed by atoms with E-state index in [1.165, 1.54) is 0 Å². The maximum Gasteiger partial charge on any atom is 0.237 e. The lowest BCUT2D eigenvalue weighted by molar-refractivity contribution is -0.125. The molecule has 0 spiro atoms. The molecule has 0 aliphatic rings. The predicted octanol–water partition coefficient (Wildman–Crippen LogP) is 1.65. The van der Waals surface area contributed by atoms with Crippen molar-refractivity contribution in [3.63, 3.8) is 0 Å². The molecule has 0 aliphatic carbocycles. The van der Waals surface area contributed by atoms with E-state index in [4.69, 9.17) is 0 Å². The zero-order valence-corrected chi connectivity index (χ0v) is 10.4. The van der Waals surface area contributed by atoms with Gasteiger partial charge in [0.2, 0.25) is 5.91 Å². The van der Waals surface area contributed by atoms with Gasteiger partial charge in [-0.25, -0.2) is 0 Å². The van der Waals surface area contributed by atoms with Crippen LogP contribution in [-0.4, -0.2) is 37.0 Å². The van der Waals surface area contributed by atoms with Crippen LogP contribution in [0, 0.1) is 5.92 Å². The van der Waals surface area contributed by atoms with Gasteiger partial charge in [-0.15, -0.1) is 6.58 Å². The summed E-state index contributed by atoms with van der Waals surface area (Å²) >= 11 is 0. The Hall–Kier alpha value is -0.830. The molecule has 3 nitrogen and oxygen atoms in total. The summed E-state index contributed by atoms with van der Waals surface area (Å²) in [6, 6.07) is -0.0660. The monoisotopic (exact) mass is 212 g/mol. The first-order valence-electron chi connectivity index (χ1n) is 5.57. The first kappa shape index (κ1) is 14.2. The van der Waals surface area contributed by atoms with Gasteiger partial charge >= 0.3 is 0 Å². The summed E-state index contributed by atoms with van der Waals surface area (Å²) < 4.78 is 0. The Morgan fingerprint density at radius 1 is 1.47 bits per heavy atom. The van der Waals surface area contributed by atoms with Gasteiger partial charge in [0.1, 0.15) is 0 Å². The summed E-state index contributed by atoms with van der Waals surface area (Å²) in [4.78, 5) is 13.7. The van der Waals surface area contributed by atoms with Crippen LogP contribution < -0.4 is 5.32 Å². The van der Waals surface area contributed by atoms with Gasteiger partial charge in [-0.3, -0.25) is 9.69 Å². The molecule has 0 saturated carbocycles. The number of amides is 1. The van der Waals surface area contributed by atoms with Crippen molar-refractivity contribution in [3.8, 4) is 0 Å². The first-order chi connectivity index (χ1) is 6.99. The van der Waals surface area contributed by atoms with Crippen LogP contribution in [0.4, 0.5) is 0 Å². The van der Waals surface area contributed by atoms with Crippen molar-refractivity contribution in [2.24, 2.45) is 5.92 Å². The largest absolute Gasteiger partial charge is 0.351 e. The molecule has 1 unspecified atom stereocenters. The molecule has 0 aromatic carbocycles. The third-order valence-corrected chi connectivity index (χ3v) is 2.52. The highest BCUT2D eigenvalue weighted by Gasteiger charge is 2.16. The molecular weight excluding hydrogens is 188 g/mol. The number of hydrogen-bond donors (Lipinski definition) is 1. The molecule has 0 rings (SSSR count). The van der Waals surface area contributed by atoms with Gasteiger partial charge in [0.05, 0.1) is 6.04 Å². The van der Waals surface area contributed by atoms with Gasteiger partial charge in [0.25, 0.3) is 0 Å². The second-order valence-corrected chi connectivity index (χ2v) is 4.37. The minimum absolute atomic E-state index is 0.0660. The Labute approximate surface area is 93.5 Å². The van der Waals surface area contributed by atoms with Gasteiger partial charge < -0.3 is 5.32 Å². The van der Waals surface area contributed by atoms with E-state index in [2.05, 4.69) is 30.6 Å². The zero-order chi connectivity index (χ0) is 11.8. The maximum absolute atomic E-state index is 11.6. The number of carbonyl (C=O) groups excluding carboxylic acids is 1. The third-order valence-electron chi connectivity index (χ3n) is 2.52. The Kier molecular flexibility index (Phi) is 7.05. The fourth-order valence-corrected chi connectivity index (χ4v) is 1.18. The van der Waals surface area contributed by atoms with Crippen LogP contribution in [-0.2, 0) is 4.79 Å². The average molecular weight is 212 g/mol. The van der Waals surface area contributed by atoms with E-state index in [-0.39, 0.29) is 11.9 Å². The van der Waals surface area contributed by atoms with E-state index in [9.17, 15) is 4.79 Å². The van der Waals surface area contributed by atoms with Crippen LogP contribution in [0.5, 0.6) is 0 Å². The zero-order valence-electron chi connectivity index (χ0n) is 10.4. The van der Waals surface area contributed by atoms with E-state index in [0.29, 0.717) is 12.5 Å². The SMILES string of the molecule is C=CCNC(=O)C(C)N(C)CCC(C)C. The molecule has 0 radical (unpaired) electrons. The van der Waals surface area contributed by atoms with Gasteiger partial charge in [-0.2, -0.15) is 0 Å². The quantitative estimate of drug-likeness (QED) is 0.651. The molecule has 88 valence electrons. The molecule has 3 heteroatoms. The van der Waals surface area contributed by atoms with Crippen molar-refractivity contribution in [1.82, 2.24) is 10.2 Å². The van der Waals surface area contributed by atoms with Crippen LogP contribution in [0.25, 0.3) is 0 Å². The lowest BCUT2D eigenvalue weighted by Crippen LogP contribution is -2.43. The Morgan fingerprint density at radius 3 is 2.53 bits per heavy atom. The molecule has 15 heavy (non-hydrogen) atoms. The topological polar surface area (TPSA) is 32.3 Å². The summed E-state index contributed by atoms with van der Waals surface area (Å²) in [5.41, 5.74) is 0. The van der Waals surface area contributed by atoms with E-state index >= 15 is 0 Å². The van der Waals surface area contributed by atoms with E-state index in [0.717, 1.165) is 13.0 Å². The average Bonchev–Trinajstić information content (AvgIpc) is 2.21. The lowest BCUT2D eigenvalue weighted by atomic mass is 10.1. The van der Waals surface area contributed by atoms with Gasteiger partial charge in [0, 0.05) is 6.54 Å². The van der Waals surface area contributed by atoms with Gasteiger partial charge in [-0.05, 0) is 32.9 Å². The van der Waals surface area contributed by atoms with Crippen LogP contribution in [0.15, 0.2) is 12.7 Å². The van der Waals surface area contributed by atoms with Crippen LogP contribution in [0.1, 0.15) is 27.2 Å². The Morgan fingerprint density at radius 2 is 2.07 bits per heavy atom. The summed E-state index contributed by atoms with van der Waals surface area (Å²) in [5.74, 6) is 0.747. The second kappa shape index (κ2) is 7.46. The van der Waals surface area contributed by atoms with Crippen LogP contribution in [0.3, 0.4) is 0 Å². The molecule has 0 aromatic rings. The maximum atomic E-state index is 11.6. The molecular formula is C12H24N2O. The molecule has 0 aliphatic heterocycles. The molecule has 1 N–H and O–H groups in total. The summed E-state index contributed by atoms with van der Waals surface area (Å²) in [6.45, 7) is 11.4. The molecule has 0 aromatic heterocycles. The fraction of sp³-hybridized carbons (Fsp3) is 0.750. The Balaban J connectivity index is 3.90. The lowest BCUT2D eigenvalue weighted by Gasteiger charge is -2.24. The van der Waals surface area contributed by atoms with E-state index in [1.54, 1.807) is 6.08 Å². The first-order valence-corrected chi connectivity index (χ1v) is 5.57. The predicted molar refractivity (Wildman–Crippen MR) is 64.8 cm³/mol. The molecule has 1 amide bonds. The summed E-state index contributed by atoms with van der Waals surface area (Å²) in [5, 5.41) is 2.80. The van der Waals surface area contributed by atoms with Crippen molar-refractivity contribution < 1.29 is 4.79 Å². The van der Waals surface area contributed by atoms with Crippen LogP contribution >= 0.6 is 0 Å². The smallest absolute Gasteiger partial charge is 0.237 e. The standard InChI is InChI=1S/C12H24N2O/c1-6-8-13-12(15)11(4)14(5)9-7-10(2)3/h6,10-11H,1,7-9H2,2-5H3,(H,13,15). The summed E-state index contributed by atoms with van der Waals surface area (Å²) in [6.07, 6.45) is 2.81. The van der Waals surface area contributed by atoms with Gasteiger partial charge in [-0.1, -0.05) is 19.9 Å². The minimum Gasteiger partial charge on any atom is -0.351 e. The molecule has 0 saturated heterocycles. The van der Waals surface area contributed by atoms with Crippen molar-refractivity contribution in [1.29, 1.82) is 0 Å². The second-order valence-electron chi connectivity index (χ2n) is 4.37. The number of hydrogen-bond acceptors (Lipinski definition) is 2. The number of likely N-dealkylation sites (N-methyl/N-ethyl adjacent to an activating group) is 1. The van der Waals surface area contributed by atoms with Crippen LogP contribution in [0.2, 0.25) is 0 Å². The van der Waals surface area contributed by atoms with Crippen molar-refractivity contribution in [2.75, 3.05) is 20.1 Å². The van der Waals surface area contributed by atoms with Crippen molar-refractivity contribution in [2.45, 2.75) is 33.2 Å². The van der Waals surface area contributed by atoms with Gasteiger partial charge in [0.15, 0.2) is 0 Å². The van der Waals surface area contributed by atoms with Crippen molar-refractivity contribution in [3.05, 3.63) is 12.7 Å². The van der Waals surface area contributed by atoms with E-state index in [1.807, 2.05) is 14.0 Å². The molecule has 0 fully saturated rings. The molecule has 1 atom stereocenters. The van der Waals surface area contributed by atoms with E-state index < -0.39 is 0 Å². The number of carbonyl (C=O) groups is 1. The third kappa shape index (κ3) is 6.28. The normalized spacial score (nSPS) is 12.9. The highest BCUT2D eigenvalue weighted by molar-refractivity contribution is 5.81. The highest BCUT2D eigenvalue weighted by atomic mass is 16.2. The van der Waals surface area contributed by atoms with Crippen molar-refractivity contribution >= 4 is 5.91 Å². The number of nitrogens with one attached hydrogen (secondary N) is 1. The minimum atomic E-state index is -0.0660. The summed E-state index contributed by atoms with van der Waals surface area (Å²) in [7, 11) is 1.99. The fourth-order valence-electron chi connectivity index (χ4n) is 1.18. The highest BCUT2D eigenvalue weighted by Crippen LogP contribution is 2.03. The number of rotatable bonds is 7. The molecule has 0 heterocycles. The number of nitrogens with zero attached hydrogens (tertiary/aromatic N) is 1.